The lowest BCUT2D eigenvalue weighted by atomic mass is 9.81. The molecule has 0 aromatic rings. The Morgan fingerprint density at radius 1 is 0.887 bits per heavy atom. The first-order valence-electron chi connectivity index (χ1n) is 20.6. The SMILES string of the molecule is C=C1C[C@@H]2CC[C@@]34C[C@H]5O[C@H]6[C@@H](O3)[C@H]3O[C@H](CC[C@@H]3O[C@H]6[C@@]5(C)O4)CC(=O)C[C@@H]3[C@@H](OC)[C@@H](C[C@H](O)CN)O[C@H]3C[C@H]3O[C@@H](CC[C@@H]1O2)C[C@@H](C)C3=C. The molecule has 0 aromatic heterocycles. The van der Waals surface area contributed by atoms with Crippen molar-refractivity contribution in [2.75, 3.05) is 13.7 Å². The number of fused-ring (bicyclic) bond motifs is 6. The molecule has 0 radical (unpaired) electrons. The first-order chi connectivity index (χ1) is 25.5. The Hall–Kier alpha value is -1.29. The van der Waals surface area contributed by atoms with Crippen LogP contribution in [0.2, 0.25) is 0 Å². The summed E-state index contributed by atoms with van der Waals surface area (Å²) in [7, 11) is 1.66. The lowest BCUT2D eigenvalue weighted by molar-refractivity contribution is -0.296. The van der Waals surface area contributed by atoms with Crippen molar-refractivity contribution in [2.45, 2.75) is 200 Å². The summed E-state index contributed by atoms with van der Waals surface area (Å²) in [6, 6.07) is 0. The Balaban J connectivity index is 1.00. The van der Waals surface area contributed by atoms with Crippen LogP contribution in [-0.2, 0) is 47.4 Å². The summed E-state index contributed by atoms with van der Waals surface area (Å²) < 4.78 is 60.5. The molecule has 0 unspecified atom stereocenters. The monoisotopic (exact) mass is 743 g/mol. The number of aliphatic hydroxyl groups is 1. The second-order valence-electron chi connectivity index (χ2n) is 18.0. The van der Waals surface area contributed by atoms with Gasteiger partial charge in [0.15, 0.2) is 5.79 Å². The van der Waals surface area contributed by atoms with E-state index in [1.54, 1.807) is 7.11 Å². The third kappa shape index (κ3) is 6.63. The highest BCUT2D eigenvalue weighted by Crippen LogP contribution is 2.59. The minimum absolute atomic E-state index is 0.0227. The molecule has 0 saturated carbocycles. The van der Waals surface area contributed by atoms with Gasteiger partial charge in [-0.3, -0.25) is 4.79 Å². The van der Waals surface area contributed by atoms with Gasteiger partial charge in [0, 0.05) is 58.1 Å². The third-order valence-electron chi connectivity index (χ3n) is 14.5. The molecular weight excluding hydrogens is 682 g/mol. The van der Waals surface area contributed by atoms with Gasteiger partial charge < -0.3 is 53.5 Å². The van der Waals surface area contributed by atoms with Crippen LogP contribution in [0.25, 0.3) is 0 Å². The average molecular weight is 744 g/mol. The number of ether oxygens (including phenoxy) is 9. The summed E-state index contributed by atoms with van der Waals surface area (Å²) in [6.07, 6.45) is 4.67. The molecule has 10 rings (SSSR count). The zero-order chi connectivity index (χ0) is 36.8. The summed E-state index contributed by atoms with van der Waals surface area (Å²) in [5, 5.41) is 10.5. The van der Waals surface area contributed by atoms with Gasteiger partial charge in [0.2, 0.25) is 0 Å². The van der Waals surface area contributed by atoms with Gasteiger partial charge in [0.05, 0.1) is 67.1 Å². The van der Waals surface area contributed by atoms with Crippen LogP contribution >= 0.6 is 0 Å². The van der Waals surface area contributed by atoms with Crippen molar-refractivity contribution in [1.29, 1.82) is 0 Å². The normalized spacial score (nSPS) is 53.0. The fourth-order valence-corrected chi connectivity index (χ4v) is 11.6. The van der Waals surface area contributed by atoms with E-state index >= 15 is 0 Å². The van der Waals surface area contributed by atoms with Crippen LogP contribution < -0.4 is 5.73 Å². The molecule has 10 aliphatic rings. The Morgan fingerprint density at radius 2 is 1.68 bits per heavy atom. The predicted molar refractivity (Wildman–Crippen MR) is 191 cm³/mol. The van der Waals surface area contributed by atoms with Gasteiger partial charge in [-0.2, -0.15) is 0 Å². The van der Waals surface area contributed by atoms with Crippen LogP contribution in [0.4, 0.5) is 0 Å². The summed E-state index contributed by atoms with van der Waals surface area (Å²) in [5.74, 6) is -0.666. The molecule has 12 bridgehead atoms. The van der Waals surface area contributed by atoms with Crippen LogP contribution in [0.5, 0.6) is 0 Å². The van der Waals surface area contributed by atoms with Crippen LogP contribution in [-0.4, -0.2) is 127 Å². The second-order valence-corrected chi connectivity index (χ2v) is 18.0. The molecule has 0 aromatic carbocycles. The van der Waals surface area contributed by atoms with Crippen LogP contribution in [0, 0.1) is 11.8 Å². The summed E-state index contributed by atoms with van der Waals surface area (Å²) in [4.78, 5) is 14.1. The minimum Gasteiger partial charge on any atom is -0.392 e. The molecule has 1 spiro atoms. The quantitative estimate of drug-likeness (QED) is 0.404. The van der Waals surface area contributed by atoms with Crippen LogP contribution in [0.15, 0.2) is 24.3 Å². The minimum atomic E-state index is -0.818. The van der Waals surface area contributed by atoms with E-state index in [0.717, 1.165) is 49.7 Å². The van der Waals surface area contributed by atoms with Gasteiger partial charge in [-0.25, -0.2) is 0 Å². The maximum Gasteiger partial charge on any atom is 0.172 e. The molecule has 3 N–H and O–H groups in total. The van der Waals surface area contributed by atoms with Crippen molar-refractivity contribution >= 4 is 5.78 Å². The van der Waals surface area contributed by atoms with E-state index in [4.69, 9.17) is 48.4 Å². The topological polar surface area (TPSA) is 146 Å². The zero-order valence-corrected chi connectivity index (χ0v) is 31.7. The molecule has 10 heterocycles. The number of nitrogens with two attached hydrogens (primary N) is 1. The molecule has 296 valence electrons. The number of Topliss-reactive ketones (excluding diaryl/α,β-unsaturated/α-hetero) is 1. The molecular formula is C41H61NO11. The molecule has 0 aliphatic carbocycles. The standard InChI is InChI=1S/C41H61NO11/c1-20-12-25-6-8-29-21(2)13-27(46-29)10-11-41-18-34-40(4,53-41)39-38(51-34)37(52-41)36-30(50-39)9-7-26(48-36)14-23(43)15-28-32(17-31(47-25)22(20)3)49-33(35(28)45-5)16-24(44)19-42/h20,24-39,44H,2-3,6-19,42H2,1,4-5H3/t20-,24+,25+,26-,27+,28+,29+,30+,31-,32+,33-,34-,35-,36+,37+,38+,39-,40+,41-/m1/s1. The Kier molecular flexibility index (Phi) is 10.0. The summed E-state index contributed by atoms with van der Waals surface area (Å²) in [6.45, 7) is 13.4. The largest absolute Gasteiger partial charge is 0.392 e. The van der Waals surface area contributed by atoms with Crippen molar-refractivity contribution in [3.05, 3.63) is 24.3 Å². The van der Waals surface area contributed by atoms with Crippen molar-refractivity contribution < 1.29 is 52.5 Å². The van der Waals surface area contributed by atoms with E-state index in [2.05, 4.69) is 27.0 Å². The Labute approximate surface area is 313 Å². The van der Waals surface area contributed by atoms with E-state index in [1.807, 2.05) is 0 Å². The number of rotatable bonds is 4. The van der Waals surface area contributed by atoms with Crippen molar-refractivity contribution in [2.24, 2.45) is 17.6 Å². The van der Waals surface area contributed by atoms with Gasteiger partial charge in [-0.1, -0.05) is 20.1 Å². The van der Waals surface area contributed by atoms with Gasteiger partial charge >= 0.3 is 0 Å². The van der Waals surface area contributed by atoms with Gasteiger partial charge in [0.25, 0.3) is 0 Å². The van der Waals surface area contributed by atoms with Crippen LogP contribution in [0.3, 0.4) is 0 Å². The molecule has 10 saturated heterocycles. The molecule has 12 heteroatoms. The average Bonchev–Trinajstić information content (AvgIpc) is 3.75. The first-order valence-corrected chi connectivity index (χ1v) is 20.6. The summed E-state index contributed by atoms with van der Waals surface area (Å²) >= 11 is 0. The van der Waals surface area contributed by atoms with Crippen LogP contribution in [0.1, 0.15) is 97.3 Å². The number of aliphatic hydroxyl groups excluding tert-OH is 1. The highest BCUT2D eigenvalue weighted by molar-refractivity contribution is 5.79. The molecule has 19 atom stereocenters. The van der Waals surface area contributed by atoms with E-state index < -0.39 is 23.6 Å². The molecule has 12 nitrogen and oxygen atoms in total. The molecule has 53 heavy (non-hydrogen) atoms. The highest BCUT2D eigenvalue weighted by Gasteiger charge is 2.73. The first kappa shape index (κ1) is 37.3. The van der Waals surface area contributed by atoms with E-state index in [9.17, 15) is 9.90 Å². The van der Waals surface area contributed by atoms with E-state index in [-0.39, 0.29) is 116 Å². The lowest BCUT2D eigenvalue weighted by Crippen LogP contribution is -2.63. The van der Waals surface area contributed by atoms with Crippen molar-refractivity contribution in [3.8, 4) is 0 Å². The van der Waals surface area contributed by atoms with Gasteiger partial charge in [-0.15, -0.1) is 0 Å². The number of hydrogen-bond donors (Lipinski definition) is 2. The highest BCUT2D eigenvalue weighted by atomic mass is 16.8. The smallest absolute Gasteiger partial charge is 0.172 e. The third-order valence-corrected chi connectivity index (χ3v) is 14.5. The van der Waals surface area contributed by atoms with Crippen molar-refractivity contribution in [1.82, 2.24) is 0 Å². The Morgan fingerprint density at radius 3 is 2.49 bits per heavy atom. The summed E-state index contributed by atoms with van der Waals surface area (Å²) in [5.41, 5.74) is 7.42. The van der Waals surface area contributed by atoms with Gasteiger partial charge in [-0.05, 0) is 68.9 Å². The predicted octanol–water partition coefficient (Wildman–Crippen LogP) is 3.83. The number of carbonyl (C=O) groups is 1. The molecule has 0 amide bonds. The van der Waals surface area contributed by atoms with E-state index in [1.165, 1.54) is 0 Å². The maximum absolute atomic E-state index is 14.1. The lowest BCUT2D eigenvalue weighted by Gasteiger charge is -2.48. The Bertz CT molecular complexity index is 1430. The van der Waals surface area contributed by atoms with Crippen molar-refractivity contribution in [3.63, 3.8) is 0 Å². The second kappa shape index (κ2) is 14.3. The van der Waals surface area contributed by atoms with Gasteiger partial charge in [0.1, 0.15) is 35.8 Å². The number of methoxy groups -OCH3 is 1. The maximum atomic E-state index is 14.1. The van der Waals surface area contributed by atoms with E-state index in [0.29, 0.717) is 32.1 Å². The zero-order valence-electron chi connectivity index (χ0n) is 31.7. The fourth-order valence-electron chi connectivity index (χ4n) is 11.6. The number of ketones is 1. The fraction of sp³-hybridized carbons (Fsp3) is 0.878. The molecule has 10 fully saturated rings. The number of carbonyl (C=O) groups excluding carboxylic acids is 1. The number of hydrogen-bond acceptors (Lipinski definition) is 12. The molecule has 10 aliphatic heterocycles.